The van der Waals surface area contributed by atoms with Crippen LogP contribution in [0.25, 0.3) is 0 Å². The monoisotopic (exact) mass is 286 g/mol. The number of amides is 1. The van der Waals surface area contributed by atoms with Crippen molar-refractivity contribution in [1.29, 1.82) is 0 Å². The van der Waals surface area contributed by atoms with Gasteiger partial charge in [-0.2, -0.15) is 0 Å². The zero-order valence-electron chi connectivity index (χ0n) is 12.1. The van der Waals surface area contributed by atoms with Gasteiger partial charge in [0.05, 0.1) is 11.4 Å². The van der Waals surface area contributed by atoms with Gasteiger partial charge in [0.1, 0.15) is 5.69 Å². The first kappa shape index (κ1) is 15.0. The zero-order valence-corrected chi connectivity index (χ0v) is 12.1. The molecule has 0 bridgehead atoms. The lowest BCUT2D eigenvalue weighted by molar-refractivity contribution is 0.102. The molecule has 0 saturated heterocycles. The van der Waals surface area contributed by atoms with Crippen molar-refractivity contribution in [2.24, 2.45) is 5.73 Å². The van der Waals surface area contributed by atoms with E-state index in [-0.39, 0.29) is 17.5 Å². The largest absolute Gasteiger partial charge is 0.326 e. The minimum atomic E-state index is -0.369. The molecule has 1 amide bonds. The van der Waals surface area contributed by atoms with E-state index in [2.05, 4.69) is 25.5 Å². The van der Waals surface area contributed by atoms with E-state index in [4.69, 9.17) is 5.73 Å². The molecule has 0 aliphatic rings. The van der Waals surface area contributed by atoms with Gasteiger partial charge in [0.15, 0.2) is 0 Å². The molecule has 0 aliphatic carbocycles. The van der Waals surface area contributed by atoms with E-state index in [0.717, 1.165) is 29.8 Å². The van der Waals surface area contributed by atoms with Crippen molar-refractivity contribution < 1.29 is 4.79 Å². The summed E-state index contributed by atoms with van der Waals surface area (Å²) < 4.78 is 0. The molecule has 3 N–H and O–H groups in total. The van der Waals surface area contributed by atoms with Gasteiger partial charge in [-0.1, -0.05) is 19.9 Å². The fourth-order valence-corrected chi connectivity index (χ4v) is 1.84. The number of nitrogens with zero attached hydrogens (tertiary/aromatic N) is 4. The summed E-state index contributed by atoms with van der Waals surface area (Å²) in [4.78, 5) is 20.4. The molecule has 0 atom stereocenters. The van der Waals surface area contributed by atoms with Gasteiger partial charge < -0.3 is 5.73 Å². The van der Waals surface area contributed by atoms with Crippen LogP contribution in [0.4, 0.5) is 5.95 Å². The van der Waals surface area contributed by atoms with Crippen LogP contribution in [0.5, 0.6) is 0 Å². The third-order valence-electron chi connectivity index (χ3n) is 3.03. The third kappa shape index (κ3) is 3.57. The second kappa shape index (κ2) is 6.85. The molecule has 21 heavy (non-hydrogen) atoms. The summed E-state index contributed by atoms with van der Waals surface area (Å²) in [5.41, 5.74) is 8.33. The van der Waals surface area contributed by atoms with Crippen molar-refractivity contribution in [3.05, 3.63) is 41.0 Å². The summed E-state index contributed by atoms with van der Waals surface area (Å²) in [5.74, 6) is -0.176. The first-order valence-electron chi connectivity index (χ1n) is 6.86. The molecule has 0 spiro atoms. The van der Waals surface area contributed by atoms with E-state index in [1.165, 1.54) is 0 Å². The van der Waals surface area contributed by atoms with Gasteiger partial charge >= 0.3 is 0 Å². The van der Waals surface area contributed by atoms with Crippen LogP contribution in [0.1, 0.15) is 41.3 Å². The molecule has 0 aliphatic heterocycles. The summed E-state index contributed by atoms with van der Waals surface area (Å²) >= 11 is 0. The number of nitrogens with two attached hydrogens (primary N) is 1. The minimum absolute atomic E-state index is 0.193. The van der Waals surface area contributed by atoms with Crippen molar-refractivity contribution in [3.63, 3.8) is 0 Å². The Kier molecular flexibility index (Phi) is 4.89. The number of aromatic nitrogens is 4. The maximum Gasteiger partial charge on any atom is 0.276 e. The first-order chi connectivity index (χ1) is 10.2. The number of carbonyl (C=O) groups excluding carboxylic acids is 1. The van der Waals surface area contributed by atoms with E-state index in [9.17, 15) is 4.79 Å². The predicted molar refractivity (Wildman–Crippen MR) is 78.7 cm³/mol. The van der Waals surface area contributed by atoms with Crippen LogP contribution in [-0.4, -0.2) is 26.1 Å². The normalized spacial score (nSPS) is 10.4. The summed E-state index contributed by atoms with van der Waals surface area (Å²) in [7, 11) is 0. The highest BCUT2D eigenvalue weighted by molar-refractivity contribution is 6.01. The highest BCUT2D eigenvalue weighted by Crippen LogP contribution is 2.08. The number of rotatable bonds is 5. The zero-order chi connectivity index (χ0) is 15.2. The molecule has 7 heteroatoms. The Bertz CT molecular complexity index is 626. The van der Waals surface area contributed by atoms with E-state index >= 15 is 0 Å². The molecule has 0 radical (unpaired) electrons. The second-order valence-electron chi connectivity index (χ2n) is 4.45. The van der Waals surface area contributed by atoms with Crippen LogP contribution >= 0.6 is 0 Å². The van der Waals surface area contributed by atoms with Crippen LogP contribution in [0.15, 0.2) is 18.3 Å². The van der Waals surface area contributed by atoms with Crippen molar-refractivity contribution in [3.8, 4) is 0 Å². The number of nitrogens with one attached hydrogen (secondary N) is 1. The maximum absolute atomic E-state index is 12.1. The lowest BCUT2D eigenvalue weighted by Crippen LogP contribution is -2.17. The molecule has 0 unspecified atom stereocenters. The average molecular weight is 286 g/mol. The molecule has 2 aromatic heterocycles. The lowest BCUT2D eigenvalue weighted by atomic mass is 10.2. The molecular weight excluding hydrogens is 268 g/mol. The van der Waals surface area contributed by atoms with Gasteiger partial charge in [0.2, 0.25) is 5.95 Å². The predicted octanol–water partition coefficient (Wildman–Crippen LogP) is 1.10. The molecule has 110 valence electrons. The fourth-order valence-electron chi connectivity index (χ4n) is 1.84. The first-order valence-corrected chi connectivity index (χ1v) is 6.86. The average Bonchev–Trinajstić information content (AvgIpc) is 2.54. The smallest absolute Gasteiger partial charge is 0.276 e. The van der Waals surface area contributed by atoms with Crippen LogP contribution in [-0.2, 0) is 19.4 Å². The molecule has 2 aromatic rings. The van der Waals surface area contributed by atoms with Crippen molar-refractivity contribution in [2.75, 3.05) is 5.32 Å². The molecular formula is C14H18N6O. The molecule has 7 nitrogen and oxygen atoms in total. The van der Waals surface area contributed by atoms with Crippen LogP contribution in [0.2, 0.25) is 0 Å². The number of carbonyl (C=O) groups is 1. The van der Waals surface area contributed by atoms with Gasteiger partial charge in [-0.3, -0.25) is 15.1 Å². The summed E-state index contributed by atoms with van der Waals surface area (Å²) in [6, 6.07) is 3.38. The Morgan fingerprint density at radius 1 is 1.19 bits per heavy atom. The van der Waals surface area contributed by atoms with Gasteiger partial charge in [0, 0.05) is 12.7 Å². The Hall–Kier alpha value is -2.41. The highest BCUT2D eigenvalue weighted by atomic mass is 16.2. The Morgan fingerprint density at radius 2 is 1.95 bits per heavy atom. The van der Waals surface area contributed by atoms with Crippen LogP contribution in [0.3, 0.4) is 0 Å². The van der Waals surface area contributed by atoms with Gasteiger partial charge in [0.25, 0.3) is 5.91 Å². The van der Waals surface area contributed by atoms with E-state index < -0.39 is 0 Å². The Morgan fingerprint density at radius 3 is 2.52 bits per heavy atom. The van der Waals surface area contributed by atoms with Gasteiger partial charge in [-0.05, 0) is 24.5 Å². The minimum Gasteiger partial charge on any atom is -0.326 e. The van der Waals surface area contributed by atoms with Crippen molar-refractivity contribution in [2.45, 2.75) is 33.2 Å². The number of hydrogen-bond donors (Lipinski definition) is 2. The third-order valence-corrected chi connectivity index (χ3v) is 3.03. The Balaban J connectivity index is 2.14. The number of aryl methyl sites for hydroxylation is 2. The summed E-state index contributed by atoms with van der Waals surface area (Å²) in [6.07, 6.45) is 3.08. The summed E-state index contributed by atoms with van der Waals surface area (Å²) in [6.45, 7) is 4.37. The van der Waals surface area contributed by atoms with E-state index in [0.29, 0.717) is 6.54 Å². The number of anilines is 1. The fraction of sp³-hybridized carbons (Fsp3) is 0.357. The molecule has 0 aromatic carbocycles. The Labute approximate surface area is 123 Å². The quantitative estimate of drug-likeness (QED) is 0.852. The number of hydrogen-bond acceptors (Lipinski definition) is 6. The molecule has 2 rings (SSSR count). The highest BCUT2D eigenvalue weighted by Gasteiger charge is 2.11. The van der Waals surface area contributed by atoms with Gasteiger partial charge in [-0.15, -0.1) is 10.2 Å². The maximum atomic E-state index is 12.1. The standard InChI is InChI=1S/C14H18N6O/c1-3-10-11(4-2)19-20-14(17-10)18-13(21)12-6-5-9(7-15)8-16-12/h5-6,8H,3-4,7,15H2,1-2H3,(H,17,18,20,21). The number of pyridine rings is 1. The second-order valence-corrected chi connectivity index (χ2v) is 4.45. The molecule has 0 saturated carbocycles. The van der Waals surface area contributed by atoms with Crippen molar-refractivity contribution in [1.82, 2.24) is 20.2 Å². The van der Waals surface area contributed by atoms with Crippen LogP contribution < -0.4 is 11.1 Å². The van der Waals surface area contributed by atoms with Crippen molar-refractivity contribution >= 4 is 11.9 Å². The topological polar surface area (TPSA) is 107 Å². The molecule has 0 fully saturated rings. The SMILES string of the molecule is CCc1nnc(NC(=O)c2ccc(CN)cn2)nc1CC. The van der Waals surface area contributed by atoms with E-state index in [1.54, 1.807) is 18.3 Å². The van der Waals surface area contributed by atoms with E-state index in [1.807, 2.05) is 13.8 Å². The molecule has 2 heterocycles. The van der Waals surface area contributed by atoms with Gasteiger partial charge in [-0.25, -0.2) is 4.98 Å². The lowest BCUT2D eigenvalue weighted by Gasteiger charge is -2.07. The van der Waals surface area contributed by atoms with Crippen LogP contribution in [0, 0.1) is 0 Å². The summed E-state index contributed by atoms with van der Waals surface area (Å²) in [5, 5.41) is 10.6.